The van der Waals surface area contributed by atoms with Gasteiger partial charge in [-0.05, 0) is 48.6 Å². The molecule has 6 rings (SSSR count). The molecule has 3 heterocycles. The molecule has 1 atom stereocenters. The van der Waals surface area contributed by atoms with Gasteiger partial charge in [-0.15, -0.1) is 0 Å². The standard InChI is InChI=1S/C28H22N6O3/c1-16(27(35)34-26-24-25(30-14-29-24)31-15-32-26)37-28(36)22-19-9-5-6-10-21(19)33-23-18(11-12-20(22)23)13-17-7-3-2-4-8-17/h2-10,13-16H,11-12H2,1H3,(H2,29,30,31,32,34,35)/b18-13+. The Morgan fingerprint density at radius 1 is 1.03 bits per heavy atom. The zero-order valence-corrected chi connectivity index (χ0v) is 19.9. The summed E-state index contributed by atoms with van der Waals surface area (Å²) in [6.07, 6.45) is 5.24. The molecule has 9 heteroatoms. The Bertz CT molecular complexity index is 1690. The van der Waals surface area contributed by atoms with Gasteiger partial charge in [0.05, 0.1) is 23.1 Å². The van der Waals surface area contributed by atoms with E-state index in [-0.39, 0.29) is 5.82 Å². The van der Waals surface area contributed by atoms with E-state index in [0.717, 1.165) is 28.8 Å². The van der Waals surface area contributed by atoms with Crippen LogP contribution in [0.25, 0.3) is 33.7 Å². The fraction of sp³-hybridized carbons (Fsp3) is 0.143. The number of fused-ring (bicyclic) bond motifs is 3. The van der Waals surface area contributed by atoms with E-state index in [1.54, 1.807) is 0 Å². The zero-order chi connectivity index (χ0) is 25.4. The van der Waals surface area contributed by atoms with E-state index in [9.17, 15) is 9.59 Å². The number of H-pyrrole nitrogens is 1. The molecule has 5 aromatic rings. The number of hydrogen-bond donors (Lipinski definition) is 2. The summed E-state index contributed by atoms with van der Waals surface area (Å²) in [6.45, 7) is 1.53. The zero-order valence-electron chi connectivity index (χ0n) is 19.9. The molecule has 0 bridgehead atoms. The topological polar surface area (TPSA) is 123 Å². The minimum atomic E-state index is -1.07. The molecule has 0 saturated carbocycles. The van der Waals surface area contributed by atoms with Crippen LogP contribution in [0.15, 0.2) is 67.3 Å². The highest BCUT2D eigenvalue weighted by Crippen LogP contribution is 2.38. The number of pyridine rings is 1. The molecule has 1 aliphatic rings. The van der Waals surface area contributed by atoms with Crippen LogP contribution in [-0.2, 0) is 16.0 Å². The Hall–Kier alpha value is -4.92. The highest BCUT2D eigenvalue weighted by Gasteiger charge is 2.29. The number of allylic oxidation sites excluding steroid dienone is 1. The Morgan fingerprint density at radius 3 is 2.70 bits per heavy atom. The molecule has 37 heavy (non-hydrogen) atoms. The molecule has 1 unspecified atom stereocenters. The van der Waals surface area contributed by atoms with E-state index in [4.69, 9.17) is 9.72 Å². The number of esters is 1. The summed E-state index contributed by atoms with van der Waals surface area (Å²) in [5.41, 5.74) is 5.86. The molecular formula is C28H22N6O3. The number of hydrogen-bond acceptors (Lipinski definition) is 7. The van der Waals surface area contributed by atoms with Crippen molar-refractivity contribution in [2.75, 3.05) is 5.32 Å². The first kappa shape index (κ1) is 22.5. The molecule has 2 N–H and O–H groups in total. The largest absolute Gasteiger partial charge is 0.449 e. The van der Waals surface area contributed by atoms with Crippen LogP contribution in [0, 0.1) is 0 Å². The molecule has 0 fully saturated rings. The van der Waals surface area contributed by atoms with Crippen molar-refractivity contribution in [1.82, 2.24) is 24.9 Å². The Labute approximate surface area is 211 Å². The number of amides is 1. The van der Waals surface area contributed by atoms with E-state index >= 15 is 0 Å². The first-order chi connectivity index (χ1) is 18.1. The number of anilines is 1. The van der Waals surface area contributed by atoms with Crippen LogP contribution in [0.1, 0.15) is 40.5 Å². The number of carbonyl (C=O) groups excluding carboxylic acids is 2. The first-order valence-corrected chi connectivity index (χ1v) is 11.9. The molecular weight excluding hydrogens is 468 g/mol. The number of aromatic nitrogens is 5. The normalized spacial score (nSPS) is 14.6. The van der Waals surface area contributed by atoms with Crippen molar-refractivity contribution in [2.24, 2.45) is 0 Å². The van der Waals surface area contributed by atoms with Crippen molar-refractivity contribution >= 4 is 51.4 Å². The van der Waals surface area contributed by atoms with Crippen LogP contribution < -0.4 is 5.32 Å². The summed E-state index contributed by atoms with van der Waals surface area (Å²) in [7, 11) is 0. The van der Waals surface area contributed by atoms with Crippen molar-refractivity contribution in [3.63, 3.8) is 0 Å². The number of carbonyl (C=O) groups is 2. The number of aromatic amines is 1. The van der Waals surface area contributed by atoms with Gasteiger partial charge in [0.15, 0.2) is 17.6 Å². The molecule has 2 aromatic carbocycles. The first-order valence-electron chi connectivity index (χ1n) is 11.9. The number of nitrogens with one attached hydrogen (secondary N) is 2. The van der Waals surface area contributed by atoms with Gasteiger partial charge in [0.25, 0.3) is 5.91 Å². The predicted octanol–water partition coefficient (Wildman–Crippen LogP) is 4.57. The molecule has 182 valence electrons. The molecule has 1 amide bonds. The van der Waals surface area contributed by atoms with Crippen LogP contribution in [0.2, 0.25) is 0 Å². The highest BCUT2D eigenvalue weighted by molar-refractivity contribution is 6.08. The molecule has 0 radical (unpaired) electrons. The lowest BCUT2D eigenvalue weighted by molar-refractivity contribution is -0.123. The predicted molar refractivity (Wildman–Crippen MR) is 140 cm³/mol. The molecule has 9 nitrogen and oxygen atoms in total. The summed E-state index contributed by atoms with van der Waals surface area (Å²) >= 11 is 0. The minimum absolute atomic E-state index is 0.265. The monoisotopic (exact) mass is 490 g/mol. The average molecular weight is 491 g/mol. The quantitative estimate of drug-likeness (QED) is 0.346. The van der Waals surface area contributed by atoms with Crippen LogP contribution in [0.4, 0.5) is 5.82 Å². The number of para-hydroxylation sites is 1. The van der Waals surface area contributed by atoms with Gasteiger partial charge in [0.2, 0.25) is 0 Å². The summed E-state index contributed by atoms with van der Waals surface area (Å²) < 4.78 is 5.68. The van der Waals surface area contributed by atoms with E-state index < -0.39 is 18.0 Å². The maximum absolute atomic E-state index is 13.5. The van der Waals surface area contributed by atoms with Gasteiger partial charge >= 0.3 is 5.97 Å². The lowest BCUT2D eigenvalue weighted by Gasteiger charge is -2.16. The lowest BCUT2D eigenvalue weighted by atomic mass is 10.0. The molecule has 0 spiro atoms. The number of nitrogens with zero attached hydrogens (tertiary/aromatic N) is 4. The SMILES string of the molecule is CC(OC(=O)c1c2c(nc3ccccc13)/C(=C/c1ccccc1)CC2)C(=O)Nc1ncnc2nc[nH]c12. The van der Waals surface area contributed by atoms with Gasteiger partial charge in [-0.25, -0.2) is 24.7 Å². The molecule has 0 aliphatic heterocycles. The van der Waals surface area contributed by atoms with Crippen LogP contribution >= 0.6 is 0 Å². The summed E-state index contributed by atoms with van der Waals surface area (Å²) in [5, 5.41) is 3.40. The maximum atomic E-state index is 13.5. The third kappa shape index (κ3) is 4.20. The fourth-order valence-electron chi connectivity index (χ4n) is 4.61. The van der Waals surface area contributed by atoms with Gasteiger partial charge in [0, 0.05) is 5.39 Å². The van der Waals surface area contributed by atoms with E-state index in [0.29, 0.717) is 34.1 Å². The Balaban J connectivity index is 1.31. The number of imidazole rings is 1. The van der Waals surface area contributed by atoms with Crippen molar-refractivity contribution in [3.05, 3.63) is 89.6 Å². The van der Waals surface area contributed by atoms with E-state index in [1.807, 2.05) is 54.6 Å². The fourth-order valence-corrected chi connectivity index (χ4v) is 4.61. The van der Waals surface area contributed by atoms with Gasteiger partial charge in [-0.3, -0.25) is 4.79 Å². The number of ether oxygens (including phenoxy) is 1. The van der Waals surface area contributed by atoms with E-state index in [1.165, 1.54) is 19.6 Å². The third-order valence-corrected chi connectivity index (χ3v) is 6.40. The maximum Gasteiger partial charge on any atom is 0.339 e. The lowest BCUT2D eigenvalue weighted by Crippen LogP contribution is -2.30. The van der Waals surface area contributed by atoms with Crippen LogP contribution in [0.5, 0.6) is 0 Å². The van der Waals surface area contributed by atoms with Crippen LogP contribution in [-0.4, -0.2) is 42.9 Å². The molecule has 3 aromatic heterocycles. The van der Waals surface area contributed by atoms with Crippen molar-refractivity contribution in [2.45, 2.75) is 25.9 Å². The van der Waals surface area contributed by atoms with Gasteiger partial charge in [-0.1, -0.05) is 48.5 Å². The second kappa shape index (κ2) is 9.27. The summed E-state index contributed by atoms with van der Waals surface area (Å²) in [5.74, 6) is -0.809. The van der Waals surface area contributed by atoms with Gasteiger partial charge in [0.1, 0.15) is 11.8 Å². The smallest absolute Gasteiger partial charge is 0.339 e. The Kier molecular flexibility index (Phi) is 5.65. The van der Waals surface area contributed by atoms with Gasteiger partial charge in [-0.2, -0.15) is 0 Å². The summed E-state index contributed by atoms with van der Waals surface area (Å²) in [6, 6.07) is 17.5. The van der Waals surface area contributed by atoms with Gasteiger partial charge < -0.3 is 15.0 Å². The van der Waals surface area contributed by atoms with Crippen molar-refractivity contribution < 1.29 is 14.3 Å². The number of rotatable bonds is 5. The number of benzene rings is 2. The third-order valence-electron chi connectivity index (χ3n) is 6.40. The molecule has 1 aliphatic carbocycles. The van der Waals surface area contributed by atoms with Crippen molar-refractivity contribution in [3.8, 4) is 0 Å². The second-order valence-corrected chi connectivity index (χ2v) is 8.77. The average Bonchev–Trinajstić information content (AvgIpc) is 3.55. The second-order valence-electron chi connectivity index (χ2n) is 8.77. The molecule has 0 saturated heterocycles. The Morgan fingerprint density at radius 2 is 1.84 bits per heavy atom. The summed E-state index contributed by atoms with van der Waals surface area (Å²) in [4.78, 5) is 46.4. The van der Waals surface area contributed by atoms with E-state index in [2.05, 4.69) is 31.3 Å². The highest BCUT2D eigenvalue weighted by atomic mass is 16.5. The van der Waals surface area contributed by atoms with Crippen molar-refractivity contribution in [1.29, 1.82) is 0 Å². The minimum Gasteiger partial charge on any atom is -0.449 e. The van der Waals surface area contributed by atoms with Crippen LogP contribution in [0.3, 0.4) is 0 Å².